The van der Waals surface area contributed by atoms with Gasteiger partial charge in [-0.3, -0.25) is 14.4 Å². The normalized spacial score (nSPS) is 9.19. The molecule has 0 aliphatic rings. The number of aldehydes is 1. The van der Waals surface area contributed by atoms with Crippen molar-refractivity contribution in [3.05, 3.63) is 82.4 Å². The van der Waals surface area contributed by atoms with Crippen molar-refractivity contribution in [2.75, 3.05) is 14.2 Å². The largest absolute Gasteiger partial charge is 0.469 e. The molecular formula is C26H32O6. The quantitative estimate of drug-likeness (QED) is 0.275. The van der Waals surface area contributed by atoms with Gasteiger partial charge >= 0.3 is 11.9 Å². The summed E-state index contributed by atoms with van der Waals surface area (Å²) in [7, 11) is 2.63. The van der Waals surface area contributed by atoms with E-state index >= 15 is 0 Å². The molecule has 0 aliphatic carbocycles. The highest BCUT2D eigenvalue weighted by Crippen LogP contribution is 2.12. The molecule has 0 atom stereocenters. The van der Waals surface area contributed by atoms with E-state index in [0.29, 0.717) is 5.56 Å². The molecule has 0 fully saturated rings. The van der Waals surface area contributed by atoms with Crippen LogP contribution in [0.5, 0.6) is 0 Å². The highest BCUT2D eigenvalue weighted by Gasteiger charge is 2.09. The van der Waals surface area contributed by atoms with Crippen molar-refractivity contribution in [2.45, 2.75) is 40.5 Å². The Balaban J connectivity index is 0.000000511. The Morgan fingerprint density at radius 2 is 1.38 bits per heavy atom. The summed E-state index contributed by atoms with van der Waals surface area (Å²) in [5.41, 5.74) is 6.05. The summed E-state index contributed by atoms with van der Waals surface area (Å²) < 4.78 is 8.63. The van der Waals surface area contributed by atoms with Crippen LogP contribution in [0.15, 0.2) is 49.1 Å². The van der Waals surface area contributed by atoms with Crippen LogP contribution in [-0.2, 0) is 19.1 Å². The molecule has 172 valence electrons. The summed E-state index contributed by atoms with van der Waals surface area (Å²) in [5.74, 6) is -0.763. The summed E-state index contributed by atoms with van der Waals surface area (Å²) >= 11 is 0. The van der Waals surface area contributed by atoms with Gasteiger partial charge in [-0.25, -0.2) is 4.79 Å². The fourth-order valence-corrected chi connectivity index (χ4v) is 2.30. The highest BCUT2D eigenvalue weighted by atomic mass is 16.5. The summed E-state index contributed by atoms with van der Waals surface area (Å²) in [5, 5.41) is 0. The summed E-state index contributed by atoms with van der Waals surface area (Å²) in [6.07, 6.45) is 2.32. The highest BCUT2D eigenvalue weighted by molar-refractivity contribution is 5.97. The molecular weight excluding hydrogens is 408 g/mol. The predicted octanol–water partition coefficient (Wildman–Crippen LogP) is 4.90. The van der Waals surface area contributed by atoms with Gasteiger partial charge in [0.05, 0.1) is 20.6 Å². The summed E-state index contributed by atoms with van der Waals surface area (Å²) in [6.45, 7) is 11.2. The van der Waals surface area contributed by atoms with Crippen LogP contribution in [0.4, 0.5) is 0 Å². The smallest absolute Gasteiger partial charge is 0.329 e. The number of ketones is 1. The van der Waals surface area contributed by atoms with Crippen LogP contribution in [-0.4, -0.2) is 38.2 Å². The molecule has 0 amide bonds. The average Bonchev–Trinajstić information content (AvgIpc) is 2.80. The first-order valence-corrected chi connectivity index (χ1v) is 9.99. The number of methoxy groups -OCH3 is 2. The van der Waals surface area contributed by atoms with Crippen molar-refractivity contribution in [3.8, 4) is 0 Å². The van der Waals surface area contributed by atoms with Gasteiger partial charge < -0.3 is 9.47 Å². The minimum Gasteiger partial charge on any atom is -0.469 e. The molecule has 0 aromatic heterocycles. The van der Waals surface area contributed by atoms with Crippen molar-refractivity contribution >= 4 is 24.0 Å². The molecule has 6 nitrogen and oxygen atoms in total. The molecule has 0 radical (unpaired) electrons. The Kier molecular flexibility index (Phi) is 13.6. The van der Waals surface area contributed by atoms with Gasteiger partial charge in [0.1, 0.15) is 6.29 Å². The number of benzene rings is 2. The number of esters is 2. The minimum absolute atomic E-state index is 0.0199. The standard InChI is InChI=1S/C13H16O3.C9H10O.C4H6O2/c1-9-4-5-11(8-10(9)2)12(14)6-7-13(15)16-3;1-7-3-4-9(6-10)5-8(7)2;1-3-4(5)6-2/h4-5,8H,6-7H2,1-3H3;3-6H,1-2H3;3H,1H2,2H3. The third-order valence-corrected chi connectivity index (χ3v) is 4.65. The topological polar surface area (TPSA) is 86.7 Å². The van der Waals surface area contributed by atoms with Crippen molar-refractivity contribution in [3.63, 3.8) is 0 Å². The number of carbonyl (C=O) groups is 4. The molecule has 0 spiro atoms. The molecule has 0 bridgehead atoms. The van der Waals surface area contributed by atoms with Crippen LogP contribution in [0.25, 0.3) is 0 Å². The van der Waals surface area contributed by atoms with Gasteiger partial charge in [-0.2, -0.15) is 0 Å². The Morgan fingerprint density at radius 1 is 0.812 bits per heavy atom. The Labute approximate surface area is 190 Å². The number of hydrogen-bond acceptors (Lipinski definition) is 6. The molecule has 32 heavy (non-hydrogen) atoms. The molecule has 2 rings (SSSR count). The Hall–Kier alpha value is -3.54. The maximum atomic E-state index is 11.7. The number of aryl methyl sites for hydroxylation is 4. The first-order valence-electron chi connectivity index (χ1n) is 9.99. The van der Waals surface area contributed by atoms with Crippen LogP contribution in [0.3, 0.4) is 0 Å². The second kappa shape index (κ2) is 15.3. The fraction of sp³-hybridized carbons (Fsp3) is 0.308. The lowest BCUT2D eigenvalue weighted by atomic mass is 10.0. The molecule has 0 unspecified atom stereocenters. The lowest BCUT2D eigenvalue weighted by Crippen LogP contribution is -2.06. The average molecular weight is 441 g/mol. The first kappa shape index (κ1) is 28.5. The van der Waals surface area contributed by atoms with E-state index in [9.17, 15) is 19.2 Å². The number of Topliss-reactive ketones (excluding diaryl/α,β-unsaturated/α-hetero) is 1. The van der Waals surface area contributed by atoms with Crippen LogP contribution in [0.2, 0.25) is 0 Å². The van der Waals surface area contributed by atoms with Gasteiger partial charge in [0.25, 0.3) is 0 Å². The van der Waals surface area contributed by atoms with Gasteiger partial charge in [0.15, 0.2) is 5.78 Å². The van der Waals surface area contributed by atoms with E-state index in [4.69, 9.17) is 0 Å². The van der Waals surface area contributed by atoms with Gasteiger partial charge in [-0.1, -0.05) is 30.8 Å². The van der Waals surface area contributed by atoms with Crippen LogP contribution in [0.1, 0.15) is 55.8 Å². The second-order valence-electron chi connectivity index (χ2n) is 6.99. The third kappa shape index (κ3) is 11.0. The van der Waals surface area contributed by atoms with Crippen LogP contribution < -0.4 is 0 Å². The van der Waals surface area contributed by atoms with Gasteiger partial charge in [0.2, 0.25) is 0 Å². The number of hydrogen-bond donors (Lipinski definition) is 0. The van der Waals surface area contributed by atoms with Crippen molar-refractivity contribution in [2.24, 2.45) is 0 Å². The van der Waals surface area contributed by atoms with Crippen LogP contribution >= 0.6 is 0 Å². The number of carbonyl (C=O) groups excluding carboxylic acids is 4. The van der Waals surface area contributed by atoms with E-state index < -0.39 is 5.97 Å². The van der Waals surface area contributed by atoms with Gasteiger partial charge in [-0.15, -0.1) is 0 Å². The zero-order chi connectivity index (χ0) is 24.7. The Bertz CT molecular complexity index is 943. The molecule has 0 saturated heterocycles. The van der Waals surface area contributed by atoms with E-state index in [1.807, 2.05) is 58.0 Å². The van der Waals surface area contributed by atoms with E-state index in [2.05, 4.69) is 16.1 Å². The van der Waals surface area contributed by atoms with E-state index in [1.54, 1.807) is 6.07 Å². The lowest BCUT2D eigenvalue weighted by molar-refractivity contribution is -0.140. The van der Waals surface area contributed by atoms with Gasteiger partial charge in [-0.05, 0) is 62.1 Å². The lowest BCUT2D eigenvalue weighted by Gasteiger charge is -2.04. The third-order valence-electron chi connectivity index (χ3n) is 4.65. The number of rotatable bonds is 6. The molecule has 6 heteroatoms. The molecule has 0 N–H and O–H groups in total. The zero-order valence-corrected chi connectivity index (χ0v) is 19.7. The number of ether oxygens (including phenoxy) is 2. The molecule has 0 heterocycles. The Morgan fingerprint density at radius 3 is 1.78 bits per heavy atom. The SMILES string of the molecule is C=CC(=O)OC.COC(=O)CCC(=O)c1ccc(C)c(C)c1.Cc1ccc(C=O)cc1C. The molecule has 2 aromatic carbocycles. The monoisotopic (exact) mass is 440 g/mol. The van der Waals surface area contributed by atoms with E-state index in [-0.39, 0.29) is 24.6 Å². The summed E-state index contributed by atoms with van der Waals surface area (Å²) in [6, 6.07) is 11.2. The summed E-state index contributed by atoms with van der Waals surface area (Å²) in [4.78, 5) is 42.7. The van der Waals surface area contributed by atoms with Crippen molar-refractivity contribution < 1.29 is 28.7 Å². The fourth-order valence-electron chi connectivity index (χ4n) is 2.30. The predicted molar refractivity (Wildman–Crippen MR) is 125 cm³/mol. The minimum atomic E-state index is -0.394. The van der Waals surface area contributed by atoms with E-state index in [1.165, 1.54) is 25.3 Å². The first-order chi connectivity index (χ1) is 15.1. The van der Waals surface area contributed by atoms with E-state index in [0.717, 1.165) is 29.1 Å². The van der Waals surface area contributed by atoms with Gasteiger partial charge in [0, 0.05) is 23.6 Å². The molecule has 0 aliphatic heterocycles. The van der Waals surface area contributed by atoms with Crippen LogP contribution in [0, 0.1) is 27.7 Å². The molecule has 2 aromatic rings. The van der Waals surface area contributed by atoms with Crippen molar-refractivity contribution in [1.29, 1.82) is 0 Å². The molecule has 0 saturated carbocycles. The zero-order valence-electron chi connectivity index (χ0n) is 19.7. The maximum absolute atomic E-state index is 11.7. The van der Waals surface area contributed by atoms with Crippen molar-refractivity contribution in [1.82, 2.24) is 0 Å². The maximum Gasteiger partial charge on any atom is 0.329 e. The second-order valence-corrected chi connectivity index (χ2v) is 6.99.